The molecular formula is C23H27FN4O4S. The van der Waals surface area contributed by atoms with E-state index in [4.69, 9.17) is 0 Å². The predicted octanol–water partition coefficient (Wildman–Crippen LogP) is 2.60. The number of carbonyl (C=O) groups is 2. The lowest BCUT2D eigenvalue weighted by molar-refractivity contribution is -0.138. The minimum absolute atomic E-state index is 0.0602. The summed E-state index contributed by atoms with van der Waals surface area (Å²) in [6.45, 7) is 1.74. The number of nitrogens with zero attached hydrogens (tertiary/aromatic N) is 3. The number of piperazine rings is 1. The maximum absolute atomic E-state index is 13.5. The van der Waals surface area contributed by atoms with E-state index in [9.17, 15) is 22.4 Å². The molecule has 2 aliphatic heterocycles. The number of para-hydroxylation sites is 1. The van der Waals surface area contributed by atoms with Gasteiger partial charge in [0.05, 0.1) is 10.8 Å². The molecule has 0 aromatic heterocycles. The van der Waals surface area contributed by atoms with Crippen LogP contribution in [0.1, 0.15) is 12.8 Å². The molecule has 2 aromatic carbocycles. The minimum atomic E-state index is -3.81. The third kappa shape index (κ3) is 5.33. The van der Waals surface area contributed by atoms with E-state index in [-0.39, 0.29) is 48.9 Å². The summed E-state index contributed by atoms with van der Waals surface area (Å²) in [5, 5.41) is 2.85. The number of halogens is 1. The maximum atomic E-state index is 13.5. The monoisotopic (exact) mass is 474 g/mol. The number of urea groups is 1. The molecular weight excluding hydrogens is 447 g/mol. The number of benzene rings is 2. The van der Waals surface area contributed by atoms with Crippen molar-refractivity contribution in [3.8, 4) is 0 Å². The zero-order chi connectivity index (χ0) is 23.4. The Bertz CT molecular complexity index is 1100. The first kappa shape index (κ1) is 23.2. The largest absolute Gasteiger partial charge is 0.340 e. The van der Waals surface area contributed by atoms with Crippen molar-refractivity contribution in [1.29, 1.82) is 0 Å². The van der Waals surface area contributed by atoms with Gasteiger partial charge in [-0.2, -0.15) is 4.31 Å². The number of carbonyl (C=O) groups excluding carboxylic acids is 2. The number of likely N-dealkylation sites (tertiary alicyclic amines) is 1. The fraction of sp³-hybridized carbons (Fsp3) is 0.391. The Balaban J connectivity index is 1.33. The van der Waals surface area contributed by atoms with E-state index >= 15 is 0 Å². The molecule has 2 fully saturated rings. The van der Waals surface area contributed by atoms with Gasteiger partial charge in [0.15, 0.2) is 0 Å². The Morgan fingerprint density at radius 3 is 2.33 bits per heavy atom. The highest BCUT2D eigenvalue weighted by Gasteiger charge is 2.35. The molecule has 0 aliphatic carbocycles. The molecule has 0 spiro atoms. The van der Waals surface area contributed by atoms with Crippen molar-refractivity contribution < 1.29 is 22.4 Å². The molecule has 2 aliphatic rings. The predicted molar refractivity (Wildman–Crippen MR) is 121 cm³/mol. The lowest BCUT2D eigenvalue weighted by atomic mass is 9.96. The average molecular weight is 475 g/mol. The summed E-state index contributed by atoms with van der Waals surface area (Å²) in [7, 11) is -3.81. The van der Waals surface area contributed by atoms with Crippen molar-refractivity contribution in [2.24, 2.45) is 5.92 Å². The van der Waals surface area contributed by atoms with Gasteiger partial charge in [0.25, 0.3) is 0 Å². The van der Waals surface area contributed by atoms with Crippen LogP contribution in [0.5, 0.6) is 0 Å². The zero-order valence-electron chi connectivity index (χ0n) is 18.2. The van der Waals surface area contributed by atoms with Crippen molar-refractivity contribution in [2.45, 2.75) is 17.7 Å². The van der Waals surface area contributed by atoms with E-state index in [1.807, 2.05) is 30.3 Å². The second-order valence-electron chi connectivity index (χ2n) is 8.27. The highest BCUT2D eigenvalue weighted by Crippen LogP contribution is 2.23. The van der Waals surface area contributed by atoms with Crippen LogP contribution in [0.3, 0.4) is 0 Å². The number of piperidine rings is 1. The molecule has 0 bridgehead atoms. The SMILES string of the molecule is O=C(Nc1ccccc1)N1CCCC(C(=O)N2CCN(S(=O)(=O)c3cccc(F)c3)CC2)C1. The lowest BCUT2D eigenvalue weighted by Crippen LogP contribution is -2.54. The highest BCUT2D eigenvalue weighted by molar-refractivity contribution is 7.89. The fourth-order valence-electron chi connectivity index (χ4n) is 4.27. The van der Waals surface area contributed by atoms with Gasteiger partial charge in [0.2, 0.25) is 15.9 Å². The number of amides is 3. The third-order valence-corrected chi connectivity index (χ3v) is 7.96. The smallest absolute Gasteiger partial charge is 0.321 e. The summed E-state index contributed by atoms with van der Waals surface area (Å²) in [5.41, 5.74) is 0.701. The quantitative estimate of drug-likeness (QED) is 0.738. The van der Waals surface area contributed by atoms with Crippen molar-refractivity contribution >= 4 is 27.6 Å². The zero-order valence-corrected chi connectivity index (χ0v) is 19.0. The highest BCUT2D eigenvalue weighted by atomic mass is 32.2. The van der Waals surface area contributed by atoms with Gasteiger partial charge < -0.3 is 15.1 Å². The number of nitrogens with one attached hydrogen (secondary N) is 1. The first-order valence-corrected chi connectivity index (χ1v) is 12.4. The summed E-state index contributed by atoms with van der Waals surface area (Å²) < 4.78 is 40.3. The van der Waals surface area contributed by atoms with Crippen molar-refractivity contribution in [1.82, 2.24) is 14.1 Å². The maximum Gasteiger partial charge on any atom is 0.321 e. The molecule has 1 N–H and O–H groups in total. The van der Waals surface area contributed by atoms with Gasteiger partial charge in [0.1, 0.15) is 5.82 Å². The van der Waals surface area contributed by atoms with E-state index in [0.717, 1.165) is 12.5 Å². The number of rotatable bonds is 4. The topological polar surface area (TPSA) is 90.0 Å². The summed E-state index contributed by atoms with van der Waals surface area (Å²) in [6.07, 6.45) is 1.42. The fourth-order valence-corrected chi connectivity index (χ4v) is 5.72. The van der Waals surface area contributed by atoms with Gasteiger partial charge in [-0.3, -0.25) is 4.79 Å². The van der Waals surface area contributed by atoms with Crippen LogP contribution < -0.4 is 5.32 Å². The Morgan fingerprint density at radius 1 is 0.909 bits per heavy atom. The van der Waals surface area contributed by atoms with Crippen LogP contribution in [-0.4, -0.2) is 73.7 Å². The molecule has 2 aromatic rings. The van der Waals surface area contributed by atoms with Crippen molar-refractivity contribution in [3.63, 3.8) is 0 Å². The molecule has 33 heavy (non-hydrogen) atoms. The summed E-state index contributed by atoms with van der Waals surface area (Å²) in [5.74, 6) is -0.982. The molecule has 1 atom stereocenters. The van der Waals surface area contributed by atoms with Crippen LogP contribution in [-0.2, 0) is 14.8 Å². The van der Waals surface area contributed by atoms with Crippen molar-refractivity contribution in [2.75, 3.05) is 44.6 Å². The first-order chi connectivity index (χ1) is 15.8. The summed E-state index contributed by atoms with van der Waals surface area (Å²) >= 11 is 0. The van der Waals surface area contributed by atoms with Gasteiger partial charge in [-0.15, -0.1) is 0 Å². The molecule has 176 valence electrons. The van der Waals surface area contributed by atoms with Gasteiger partial charge in [0, 0.05) is 45.0 Å². The van der Waals surface area contributed by atoms with E-state index in [2.05, 4.69) is 5.32 Å². The van der Waals surface area contributed by atoms with E-state index in [0.29, 0.717) is 25.2 Å². The van der Waals surface area contributed by atoms with Crippen LogP contribution in [0.25, 0.3) is 0 Å². The molecule has 3 amide bonds. The van der Waals surface area contributed by atoms with Crippen LogP contribution in [0.15, 0.2) is 59.5 Å². The van der Waals surface area contributed by atoms with E-state index in [1.54, 1.807) is 9.80 Å². The molecule has 0 radical (unpaired) electrons. The molecule has 10 heteroatoms. The molecule has 4 rings (SSSR count). The summed E-state index contributed by atoms with van der Waals surface area (Å²) in [6, 6.07) is 13.9. The molecule has 1 unspecified atom stereocenters. The Kier molecular flexibility index (Phi) is 6.94. The number of hydrogen-bond donors (Lipinski definition) is 1. The third-order valence-electron chi connectivity index (χ3n) is 6.07. The van der Waals surface area contributed by atoms with Gasteiger partial charge in [-0.25, -0.2) is 17.6 Å². The second kappa shape index (κ2) is 9.88. The van der Waals surface area contributed by atoms with Gasteiger partial charge in [-0.1, -0.05) is 24.3 Å². The Morgan fingerprint density at radius 2 is 1.64 bits per heavy atom. The van der Waals surface area contributed by atoms with Crippen LogP contribution >= 0.6 is 0 Å². The van der Waals surface area contributed by atoms with E-state index < -0.39 is 15.8 Å². The van der Waals surface area contributed by atoms with E-state index in [1.165, 1.54) is 22.5 Å². The van der Waals surface area contributed by atoms with Crippen LogP contribution in [0, 0.1) is 11.7 Å². The second-order valence-corrected chi connectivity index (χ2v) is 10.2. The molecule has 2 heterocycles. The number of hydrogen-bond acceptors (Lipinski definition) is 4. The average Bonchev–Trinajstić information content (AvgIpc) is 2.84. The Hall–Kier alpha value is -2.98. The molecule has 2 saturated heterocycles. The van der Waals surface area contributed by atoms with Crippen LogP contribution in [0.4, 0.5) is 14.9 Å². The normalized spacial score (nSPS) is 19.8. The standard InChI is InChI=1S/C23H27FN4O4S/c24-19-7-4-10-21(16-19)33(31,32)28-14-12-26(13-15-28)22(29)18-6-5-11-27(17-18)23(30)25-20-8-2-1-3-9-20/h1-4,7-10,16,18H,5-6,11-15,17H2,(H,25,30). The number of anilines is 1. The number of sulfonamides is 1. The van der Waals surface area contributed by atoms with Crippen LogP contribution in [0.2, 0.25) is 0 Å². The van der Waals surface area contributed by atoms with Crippen molar-refractivity contribution in [3.05, 3.63) is 60.4 Å². The molecule has 8 nitrogen and oxygen atoms in total. The first-order valence-electron chi connectivity index (χ1n) is 11.0. The summed E-state index contributed by atoms with van der Waals surface area (Å²) in [4.78, 5) is 29.0. The van der Waals surface area contributed by atoms with Gasteiger partial charge >= 0.3 is 6.03 Å². The Labute approximate surface area is 193 Å². The van der Waals surface area contributed by atoms with Gasteiger partial charge in [-0.05, 0) is 43.2 Å². The molecule has 0 saturated carbocycles. The lowest BCUT2D eigenvalue weighted by Gasteiger charge is -2.38. The minimum Gasteiger partial charge on any atom is -0.340 e.